The summed E-state index contributed by atoms with van der Waals surface area (Å²) < 4.78 is 44.3. The molecule has 0 saturated carbocycles. The highest BCUT2D eigenvalue weighted by molar-refractivity contribution is 6.63. The molecule has 0 bridgehead atoms. The number of anilines is 1. The number of benzene rings is 2. The number of carbonyl (C=O) groups excluding carboxylic acids is 1. The van der Waals surface area contributed by atoms with Crippen molar-refractivity contribution in [3.8, 4) is 11.3 Å². The van der Waals surface area contributed by atoms with E-state index in [2.05, 4.69) is 10.3 Å². The van der Waals surface area contributed by atoms with E-state index >= 15 is 0 Å². The van der Waals surface area contributed by atoms with Crippen LogP contribution in [0.5, 0.6) is 0 Å². The highest BCUT2D eigenvalue weighted by Crippen LogP contribution is 2.39. The molecule has 2 aromatic carbocycles. The van der Waals surface area contributed by atoms with Crippen LogP contribution in [0.4, 0.5) is 5.69 Å². The van der Waals surface area contributed by atoms with E-state index in [4.69, 9.17) is 29.4 Å². The van der Waals surface area contributed by atoms with Crippen LogP contribution in [-0.2, 0) is 9.31 Å². The molecule has 0 aliphatic carbocycles. The highest BCUT2D eigenvalue weighted by atomic mass is 35.5. The minimum absolute atomic E-state index is 0.00190. The van der Waals surface area contributed by atoms with Gasteiger partial charge in [0.2, 0.25) is 0 Å². The maximum atomic E-state index is 13.4. The molecule has 1 saturated heterocycles. The molecule has 7 nitrogen and oxygen atoms in total. The molecule has 1 N–H and O–H groups in total. The molecule has 0 radical (unpaired) electrons. The molecule has 1 fully saturated rings. The number of halogens is 1. The normalized spacial score (nSPS) is 17.8. The van der Waals surface area contributed by atoms with Crippen molar-refractivity contribution in [3.63, 3.8) is 0 Å². The van der Waals surface area contributed by atoms with Gasteiger partial charge >= 0.3 is 7.12 Å². The predicted molar refractivity (Wildman–Crippen MR) is 179 cm³/mol. The van der Waals surface area contributed by atoms with Gasteiger partial charge in [-0.1, -0.05) is 43.6 Å². The van der Waals surface area contributed by atoms with E-state index in [-0.39, 0.29) is 38.9 Å². The Bertz CT molecular complexity index is 1940. The molecule has 4 aromatic rings. The lowest BCUT2D eigenvalue weighted by atomic mass is 9.74. The van der Waals surface area contributed by atoms with Gasteiger partial charge in [0.25, 0.3) is 0 Å². The number of pyridine rings is 1. The lowest BCUT2D eigenvalue weighted by molar-refractivity contribution is 0.00578. The van der Waals surface area contributed by atoms with Crippen molar-refractivity contribution in [2.75, 3.05) is 5.32 Å². The summed E-state index contributed by atoms with van der Waals surface area (Å²) in [7, 11) is -0.955. The quantitative estimate of drug-likeness (QED) is 0.128. The van der Waals surface area contributed by atoms with Crippen molar-refractivity contribution in [1.29, 1.82) is 0 Å². The minimum Gasteiger partial charge on any atom is -0.460 e. The Labute approximate surface area is 268 Å². The predicted octanol–water partition coefficient (Wildman–Crippen LogP) is 7.84. The number of rotatable bonds is 7. The number of carbonyl (C=O) groups is 1. The summed E-state index contributed by atoms with van der Waals surface area (Å²) in [5.41, 5.74) is 2.23. The topological polar surface area (TPSA) is 90.7 Å². The third kappa shape index (κ3) is 5.48. The van der Waals surface area contributed by atoms with Crippen LogP contribution in [0.25, 0.3) is 22.2 Å². The number of aldehydes is 1. The molecule has 1 aliphatic heterocycles. The standard InChI is InChI=1S/C35H40BClN2O5/c1-18(2)32-21(5)31(41)25-16-19(3)15-24(33(25)42-32)22(6)38-28-13-14-29(37)39-30(28)23-11-12-27(26(17-40)20(23)4)36-43-34(7,8)35(9,10)44-36/h11-18,22,38H,1-10H3/i4D3. The average molecular weight is 618 g/mol. The summed E-state index contributed by atoms with van der Waals surface area (Å²) in [6.45, 7) is 14.4. The smallest absolute Gasteiger partial charge is 0.460 e. The van der Waals surface area contributed by atoms with Gasteiger partial charge in [-0.2, -0.15) is 0 Å². The van der Waals surface area contributed by atoms with Crippen molar-refractivity contribution in [2.24, 2.45) is 0 Å². The molecule has 1 unspecified atom stereocenters. The highest BCUT2D eigenvalue weighted by Gasteiger charge is 2.52. The number of hydrogen-bond acceptors (Lipinski definition) is 7. The van der Waals surface area contributed by atoms with Crippen LogP contribution < -0.4 is 16.2 Å². The zero-order valence-electron chi connectivity index (χ0n) is 29.6. The van der Waals surface area contributed by atoms with Crippen LogP contribution in [-0.4, -0.2) is 29.6 Å². The first-order valence-electron chi connectivity index (χ1n) is 16.3. The van der Waals surface area contributed by atoms with Crippen molar-refractivity contribution >= 4 is 47.1 Å². The van der Waals surface area contributed by atoms with Crippen LogP contribution in [0.3, 0.4) is 0 Å². The van der Waals surface area contributed by atoms with Crippen LogP contribution >= 0.6 is 11.6 Å². The second-order valence-electron chi connectivity index (χ2n) is 12.9. The summed E-state index contributed by atoms with van der Waals surface area (Å²) in [5, 5.41) is 4.09. The third-order valence-electron chi connectivity index (χ3n) is 8.81. The SMILES string of the molecule is [2H]C([2H])([2H])c1c(-c2nc(Cl)ccc2NC(C)c2cc(C)cc3c(=O)c(C)c(C(C)C)oc23)ccc(B2OC(C)(C)C(C)(C)O2)c1C=O. The Balaban J connectivity index is 1.67. The molecule has 1 atom stereocenters. The Kier molecular flexibility index (Phi) is 7.32. The minimum atomic E-state index is -2.71. The van der Waals surface area contributed by atoms with Gasteiger partial charge < -0.3 is 19.0 Å². The molecular formula is C35H40BClN2O5. The maximum absolute atomic E-state index is 13.4. The van der Waals surface area contributed by atoms with Gasteiger partial charge in [0.05, 0.1) is 34.0 Å². The summed E-state index contributed by atoms with van der Waals surface area (Å²) in [6, 6.07) is 9.94. The van der Waals surface area contributed by atoms with E-state index in [1.54, 1.807) is 31.2 Å². The van der Waals surface area contributed by atoms with Crippen LogP contribution in [0.1, 0.15) is 103 Å². The largest absolute Gasteiger partial charge is 0.495 e. The molecule has 0 spiro atoms. The molecule has 0 amide bonds. The molecular weight excluding hydrogens is 575 g/mol. The molecule has 2 aromatic heterocycles. The lowest BCUT2D eigenvalue weighted by Crippen LogP contribution is -2.41. The van der Waals surface area contributed by atoms with Crippen molar-refractivity contribution < 1.29 is 22.6 Å². The van der Waals surface area contributed by atoms with Gasteiger partial charge in [-0.15, -0.1) is 0 Å². The second-order valence-corrected chi connectivity index (χ2v) is 13.3. The summed E-state index contributed by atoms with van der Waals surface area (Å²) in [4.78, 5) is 30.7. The van der Waals surface area contributed by atoms with Gasteiger partial charge in [0.1, 0.15) is 22.8 Å². The van der Waals surface area contributed by atoms with Crippen molar-refractivity contribution in [1.82, 2.24) is 4.98 Å². The van der Waals surface area contributed by atoms with E-state index in [1.165, 1.54) is 0 Å². The first-order chi connectivity index (χ1) is 21.8. The fourth-order valence-electron chi connectivity index (χ4n) is 5.66. The molecule has 1 aliphatic rings. The average Bonchev–Trinajstić information content (AvgIpc) is 3.20. The van der Waals surface area contributed by atoms with Crippen LogP contribution in [0.2, 0.25) is 5.15 Å². The first-order valence-corrected chi connectivity index (χ1v) is 15.1. The van der Waals surface area contributed by atoms with Crippen LogP contribution in [0.15, 0.2) is 45.6 Å². The Morgan fingerprint density at radius 2 is 1.70 bits per heavy atom. The molecule has 3 heterocycles. The number of nitrogens with zero attached hydrogens (tertiary/aromatic N) is 1. The fraction of sp³-hybridized carbons (Fsp3) is 0.400. The van der Waals surface area contributed by atoms with E-state index in [0.29, 0.717) is 39.7 Å². The number of aromatic nitrogens is 1. The fourth-order valence-corrected chi connectivity index (χ4v) is 5.81. The molecule has 230 valence electrons. The van der Waals surface area contributed by atoms with E-state index in [9.17, 15) is 9.59 Å². The van der Waals surface area contributed by atoms with E-state index in [1.807, 2.05) is 67.5 Å². The monoisotopic (exact) mass is 617 g/mol. The zero-order chi connectivity index (χ0) is 34.8. The first kappa shape index (κ1) is 28.0. The number of nitrogens with one attached hydrogen (secondary N) is 1. The maximum Gasteiger partial charge on any atom is 0.495 e. The second kappa shape index (κ2) is 11.5. The van der Waals surface area contributed by atoms with Gasteiger partial charge in [0.15, 0.2) is 5.43 Å². The van der Waals surface area contributed by atoms with Gasteiger partial charge in [-0.3, -0.25) is 9.59 Å². The Morgan fingerprint density at radius 1 is 1.02 bits per heavy atom. The number of hydrogen-bond donors (Lipinski definition) is 1. The molecule has 44 heavy (non-hydrogen) atoms. The molecule has 9 heteroatoms. The summed E-state index contributed by atoms with van der Waals surface area (Å²) >= 11 is 6.40. The van der Waals surface area contributed by atoms with Crippen molar-refractivity contribution in [2.45, 2.75) is 92.3 Å². The number of aryl methyl sites for hydroxylation is 1. The van der Waals surface area contributed by atoms with Crippen molar-refractivity contribution in [3.05, 3.63) is 85.4 Å². The summed E-state index contributed by atoms with van der Waals surface area (Å²) in [5.74, 6) is 0.626. The lowest BCUT2D eigenvalue weighted by Gasteiger charge is -2.32. The molecule has 5 rings (SSSR count). The Hall–Kier alpha value is -3.46. The zero-order valence-corrected chi connectivity index (χ0v) is 27.4. The van der Waals surface area contributed by atoms with Crippen LogP contribution in [0, 0.1) is 20.7 Å². The van der Waals surface area contributed by atoms with Gasteiger partial charge in [-0.25, -0.2) is 4.98 Å². The van der Waals surface area contributed by atoms with Gasteiger partial charge in [-0.05, 0) is 90.1 Å². The number of fused-ring (bicyclic) bond motifs is 1. The van der Waals surface area contributed by atoms with Gasteiger partial charge in [0, 0.05) is 32.3 Å². The summed E-state index contributed by atoms with van der Waals surface area (Å²) in [6.07, 6.45) is 0.529. The van der Waals surface area contributed by atoms with E-state index < -0.39 is 31.2 Å². The van der Waals surface area contributed by atoms with E-state index in [0.717, 1.165) is 11.1 Å². The Morgan fingerprint density at radius 3 is 2.32 bits per heavy atom. The third-order valence-corrected chi connectivity index (χ3v) is 9.02.